The van der Waals surface area contributed by atoms with Gasteiger partial charge in [-0.15, -0.1) is 11.8 Å². The first-order chi connectivity index (χ1) is 11.7. The van der Waals surface area contributed by atoms with Gasteiger partial charge in [-0.2, -0.15) is 0 Å². The van der Waals surface area contributed by atoms with Crippen molar-refractivity contribution < 1.29 is 9.52 Å². The summed E-state index contributed by atoms with van der Waals surface area (Å²) in [6.45, 7) is 0. The van der Waals surface area contributed by atoms with E-state index in [1.165, 1.54) is 11.8 Å². The summed E-state index contributed by atoms with van der Waals surface area (Å²) >= 11 is 1.32. The van der Waals surface area contributed by atoms with E-state index in [0.717, 1.165) is 28.7 Å². The zero-order valence-electron chi connectivity index (χ0n) is 12.9. The molecule has 3 aromatic rings. The molecular weight excluding hydrogens is 320 g/mol. The van der Waals surface area contributed by atoms with Crippen molar-refractivity contribution in [2.75, 3.05) is 0 Å². The van der Waals surface area contributed by atoms with Crippen LogP contribution in [0.15, 0.2) is 62.6 Å². The summed E-state index contributed by atoms with van der Waals surface area (Å²) in [5.74, 6) is 1.18. The highest BCUT2D eigenvalue weighted by Gasteiger charge is 2.25. The van der Waals surface area contributed by atoms with Crippen molar-refractivity contribution in [2.24, 2.45) is 0 Å². The lowest BCUT2D eigenvalue weighted by Gasteiger charge is -2.19. The Labute approximate surface area is 144 Å². The van der Waals surface area contributed by atoms with Gasteiger partial charge >= 0.3 is 5.63 Å². The molecule has 0 aliphatic heterocycles. The Balaban J connectivity index is 1.73. The van der Waals surface area contributed by atoms with Crippen molar-refractivity contribution in [1.82, 2.24) is 0 Å². The van der Waals surface area contributed by atoms with Gasteiger partial charge in [0.05, 0.1) is 0 Å². The van der Waals surface area contributed by atoms with E-state index in [0.29, 0.717) is 22.8 Å². The number of aryl methyl sites for hydroxylation is 1. The summed E-state index contributed by atoms with van der Waals surface area (Å²) in [5.41, 5.74) is 3.32. The average Bonchev–Trinajstić information content (AvgIpc) is 2.62. The van der Waals surface area contributed by atoms with Crippen LogP contribution in [-0.4, -0.2) is 5.11 Å². The van der Waals surface area contributed by atoms with Crippen LogP contribution in [-0.2, 0) is 18.6 Å². The summed E-state index contributed by atoms with van der Waals surface area (Å²) in [6, 6.07) is 18.5. The lowest BCUT2D eigenvalue weighted by atomic mass is 9.90. The van der Waals surface area contributed by atoms with E-state index in [1.807, 2.05) is 42.5 Å². The summed E-state index contributed by atoms with van der Waals surface area (Å²) in [5, 5.41) is 10.6. The Morgan fingerprint density at radius 2 is 2.00 bits per heavy atom. The minimum atomic E-state index is -0.479. The molecule has 24 heavy (non-hydrogen) atoms. The maximum atomic E-state index is 12.4. The van der Waals surface area contributed by atoms with Gasteiger partial charge in [0.2, 0.25) is 0 Å². The summed E-state index contributed by atoms with van der Waals surface area (Å²) < 4.78 is 5.58. The molecule has 1 aliphatic carbocycles. The molecule has 1 aromatic heterocycles. The van der Waals surface area contributed by atoms with Crippen LogP contribution >= 0.6 is 11.8 Å². The highest BCUT2D eigenvalue weighted by molar-refractivity contribution is 7.98. The number of aromatic hydroxyl groups is 1. The topological polar surface area (TPSA) is 50.4 Å². The van der Waals surface area contributed by atoms with Crippen LogP contribution in [0.1, 0.15) is 16.7 Å². The van der Waals surface area contributed by atoms with Crippen LogP contribution < -0.4 is 5.63 Å². The normalized spacial score (nSPS) is 12.5. The number of hydrogen-bond acceptors (Lipinski definition) is 4. The van der Waals surface area contributed by atoms with Gasteiger partial charge in [0, 0.05) is 16.9 Å². The van der Waals surface area contributed by atoms with Gasteiger partial charge in [-0.3, -0.25) is 0 Å². The maximum absolute atomic E-state index is 12.4. The zero-order chi connectivity index (χ0) is 16.5. The molecule has 0 amide bonds. The second-order valence-corrected chi connectivity index (χ2v) is 6.72. The Bertz CT molecular complexity index is 945. The van der Waals surface area contributed by atoms with Gasteiger partial charge in [0.1, 0.15) is 16.4 Å². The molecule has 1 heterocycles. The summed E-state index contributed by atoms with van der Waals surface area (Å²) in [4.78, 5) is 12.7. The second-order valence-electron chi connectivity index (χ2n) is 5.73. The molecule has 1 radical (unpaired) electrons. The van der Waals surface area contributed by atoms with Crippen LogP contribution in [0.2, 0.25) is 0 Å². The first-order valence-corrected chi connectivity index (χ1v) is 8.77. The monoisotopic (exact) mass is 335 g/mol. The third-order valence-corrected chi connectivity index (χ3v) is 5.35. The minimum Gasteiger partial charge on any atom is -0.506 e. The van der Waals surface area contributed by atoms with E-state index in [1.54, 1.807) is 6.07 Å². The first-order valence-electron chi connectivity index (χ1n) is 7.79. The molecule has 0 fully saturated rings. The molecule has 3 nitrogen and oxygen atoms in total. The molecule has 0 saturated carbocycles. The first kappa shape index (κ1) is 15.1. The van der Waals surface area contributed by atoms with E-state index in [9.17, 15) is 9.90 Å². The second kappa shape index (κ2) is 6.21. The highest BCUT2D eigenvalue weighted by atomic mass is 32.2. The largest absolute Gasteiger partial charge is 0.506 e. The highest BCUT2D eigenvalue weighted by Crippen LogP contribution is 2.40. The van der Waals surface area contributed by atoms with E-state index >= 15 is 0 Å². The molecule has 0 bridgehead atoms. The van der Waals surface area contributed by atoms with E-state index in [2.05, 4.69) is 6.07 Å². The fraction of sp³-hybridized carbons (Fsp3) is 0.150. The van der Waals surface area contributed by atoms with E-state index in [4.69, 9.17) is 4.42 Å². The Hall–Kier alpha value is -2.46. The molecule has 4 heteroatoms. The van der Waals surface area contributed by atoms with Gasteiger partial charge in [-0.05, 0) is 30.0 Å². The van der Waals surface area contributed by atoms with Gasteiger partial charge < -0.3 is 9.52 Å². The number of fused-ring (bicyclic) bond motifs is 3. The van der Waals surface area contributed by atoms with Crippen molar-refractivity contribution in [1.29, 1.82) is 0 Å². The predicted molar refractivity (Wildman–Crippen MR) is 94.3 cm³/mol. The van der Waals surface area contributed by atoms with Crippen LogP contribution in [0, 0.1) is 6.07 Å². The smallest absolute Gasteiger partial charge is 0.353 e. The molecule has 2 aromatic carbocycles. The molecule has 0 unspecified atom stereocenters. The van der Waals surface area contributed by atoms with Crippen molar-refractivity contribution >= 4 is 11.8 Å². The van der Waals surface area contributed by atoms with Gasteiger partial charge in [-0.25, -0.2) is 4.79 Å². The standard InChI is InChI=1S/C20H15O3S/c21-17-16-11-10-14-8-4-5-9-15(14)18(16)23-20(22)19(17)24-12-13-6-2-1-3-7-13/h1-3,5-9,21H,10-12H2. The number of benzene rings is 2. The Kier molecular flexibility index (Phi) is 3.90. The molecule has 1 N–H and O–H groups in total. The lowest BCUT2D eigenvalue weighted by Crippen LogP contribution is -2.11. The van der Waals surface area contributed by atoms with Crippen LogP contribution in [0.5, 0.6) is 5.75 Å². The maximum Gasteiger partial charge on any atom is 0.353 e. The third-order valence-electron chi connectivity index (χ3n) is 4.22. The van der Waals surface area contributed by atoms with Crippen molar-refractivity contribution in [3.63, 3.8) is 0 Å². The SMILES string of the molecule is O=c1oc2c(c(O)c1SCc1ccccc1)CCc1c[c]ccc1-2. The van der Waals surface area contributed by atoms with Crippen LogP contribution in [0.25, 0.3) is 11.3 Å². The predicted octanol–water partition coefficient (Wildman–Crippen LogP) is 4.20. The summed E-state index contributed by atoms with van der Waals surface area (Å²) in [6.07, 6.45) is 1.47. The van der Waals surface area contributed by atoms with Crippen molar-refractivity contribution in [3.05, 3.63) is 81.7 Å². The van der Waals surface area contributed by atoms with Crippen molar-refractivity contribution in [2.45, 2.75) is 23.5 Å². The number of hydrogen-bond donors (Lipinski definition) is 1. The molecule has 0 spiro atoms. The van der Waals surface area contributed by atoms with E-state index < -0.39 is 5.63 Å². The van der Waals surface area contributed by atoms with Gasteiger partial charge in [-0.1, -0.05) is 48.5 Å². The fourth-order valence-electron chi connectivity index (χ4n) is 3.00. The molecular formula is C20H15O3S. The molecule has 119 valence electrons. The van der Waals surface area contributed by atoms with Gasteiger partial charge in [0.15, 0.2) is 0 Å². The number of thioether (sulfide) groups is 1. The van der Waals surface area contributed by atoms with Crippen LogP contribution in [0.3, 0.4) is 0 Å². The Morgan fingerprint density at radius 3 is 2.83 bits per heavy atom. The quantitative estimate of drug-likeness (QED) is 0.729. The minimum absolute atomic E-state index is 0.0701. The molecule has 0 atom stereocenters. The average molecular weight is 335 g/mol. The zero-order valence-corrected chi connectivity index (χ0v) is 13.7. The van der Waals surface area contributed by atoms with E-state index in [-0.39, 0.29) is 5.75 Å². The molecule has 4 rings (SSSR count). The van der Waals surface area contributed by atoms with Gasteiger partial charge in [0.25, 0.3) is 0 Å². The summed E-state index contributed by atoms with van der Waals surface area (Å²) in [7, 11) is 0. The lowest BCUT2D eigenvalue weighted by molar-refractivity contribution is 0.418. The fourth-order valence-corrected chi connectivity index (χ4v) is 3.92. The Morgan fingerprint density at radius 1 is 1.17 bits per heavy atom. The molecule has 1 aliphatic rings. The molecule has 0 saturated heterocycles. The number of rotatable bonds is 3. The van der Waals surface area contributed by atoms with Crippen LogP contribution in [0.4, 0.5) is 0 Å². The third kappa shape index (κ3) is 2.63. The van der Waals surface area contributed by atoms with Crippen molar-refractivity contribution in [3.8, 4) is 17.1 Å².